The zero-order valence-corrected chi connectivity index (χ0v) is 18.5. The van der Waals surface area contributed by atoms with E-state index in [-0.39, 0.29) is 41.7 Å². The minimum Gasteiger partial charge on any atom is -0.405 e. The number of rotatable bonds is 6. The zero-order chi connectivity index (χ0) is 19.4. The molecule has 1 aliphatic heterocycles. The van der Waals surface area contributed by atoms with Gasteiger partial charge in [0.25, 0.3) is 0 Å². The average Bonchev–Trinajstić information content (AvgIpc) is 3.23. The van der Waals surface area contributed by atoms with Crippen LogP contribution in [-0.2, 0) is 0 Å². The Balaban J connectivity index is 0.00000280. The Kier molecular flexibility index (Phi) is 8.23. The molecular weight excluding hydrogens is 484 g/mol. The predicted octanol–water partition coefficient (Wildman–Crippen LogP) is 3.71. The molecule has 158 valence electrons. The van der Waals surface area contributed by atoms with Crippen LogP contribution < -0.4 is 15.4 Å². The number of alkyl halides is 3. The molecule has 3 atom stereocenters. The third kappa shape index (κ3) is 6.13. The third-order valence-electron chi connectivity index (χ3n) is 5.29. The van der Waals surface area contributed by atoms with Gasteiger partial charge in [0.1, 0.15) is 5.75 Å². The minimum absolute atomic E-state index is 0. The van der Waals surface area contributed by atoms with Crippen molar-refractivity contribution in [3.05, 3.63) is 29.8 Å². The number of nitrogens with zero attached hydrogens (tertiary/aromatic N) is 2. The lowest BCUT2D eigenvalue weighted by Gasteiger charge is -2.24. The Bertz CT molecular complexity index is 671. The van der Waals surface area contributed by atoms with E-state index in [1.165, 1.54) is 18.9 Å². The van der Waals surface area contributed by atoms with Crippen LogP contribution in [0, 0.1) is 0 Å². The smallest absolute Gasteiger partial charge is 0.405 e. The van der Waals surface area contributed by atoms with E-state index < -0.39 is 6.36 Å². The number of hydrogen-bond acceptors (Lipinski definition) is 3. The standard InChI is InChI=1S/C19H27F3N4O.HI/c1-3-26-10-6-7-13(26)12-24-18(23-2)25-16-11-15(16)14-8-4-5-9-17(14)27-19(20,21)22;/h4-5,8-9,13,15-16H,3,6-7,10-12H2,1-2H3,(H2,23,24,25);1H. The lowest BCUT2D eigenvalue weighted by Crippen LogP contribution is -2.45. The van der Waals surface area contributed by atoms with Gasteiger partial charge in [0.15, 0.2) is 5.96 Å². The highest BCUT2D eigenvalue weighted by atomic mass is 127. The molecular formula is C19H28F3IN4O. The number of para-hydroxylation sites is 1. The largest absolute Gasteiger partial charge is 0.573 e. The first-order valence-electron chi connectivity index (χ1n) is 9.47. The SMILES string of the molecule is CCN1CCCC1CNC(=NC)NC1CC1c1ccccc1OC(F)(F)F.I. The lowest BCUT2D eigenvalue weighted by atomic mass is 10.1. The van der Waals surface area contributed by atoms with Crippen molar-refractivity contribution in [2.24, 2.45) is 4.99 Å². The van der Waals surface area contributed by atoms with Gasteiger partial charge >= 0.3 is 6.36 Å². The molecule has 2 aliphatic rings. The van der Waals surface area contributed by atoms with Crippen LogP contribution in [0.4, 0.5) is 13.2 Å². The first-order chi connectivity index (χ1) is 12.9. The van der Waals surface area contributed by atoms with Crippen molar-refractivity contribution in [2.75, 3.05) is 26.7 Å². The molecule has 1 heterocycles. The summed E-state index contributed by atoms with van der Waals surface area (Å²) >= 11 is 0. The second kappa shape index (κ2) is 10.00. The molecule has 0 spiro atoms. The molecule has 2 N–H and O–H groups in total. The molecule has 1 saturated heterocycles. The Morgan fingerprint density at radius 1 is 1.32 bits per heavy atom. The van der Waals surface area contributed by atoms with E-state index >= 15 is 0 Å². The maximum Gasteiger partial charge on any atom is 0.573 e. The number of hydrogen-bond donors (Lipinski definition) is 2. The number of likely N-dealkylation sites (tertiary alicyclic amines) is 1. The summed E-state index contributed by atoms with van der Waals surface area (Å²) in [5.41, 5.74) is 0.579. The number of halogens is 4. The third-order valence-corrected chi connectivity index (χ3v) is 5.29. The molecule has 1 aromatic carbocycles. The number of ether oxygens (including phenoxy) is 1. The van der Waals surface area contributed by atoms with E-state index in [1.54, 1.807) is 25.2 Å². The Morgan fingerprint density at radius 3 is 2.75 bits per heavy atom. The molecule has 28 heavy (non-hydrogen) atoms. The maximum atomic E-state index is 12.6. The van der Waals surface area contributed by atoms with E-state index in [1.807, 2.05) is 0 Å². The lowest BCUT2D eigenvalue weighted by molar-refractivity contribution is -0.274. The zero-order valence-electron chi connectivity index (χ0n) is 16.1. The van der Waals surface area contributed by atoms with Crippen LogP contribution in [0.1, 0.15) is 37.7 Å². The van der Waals surface area contributed by atoms with E-state index in [2.05, 4.69) is 32.2 Å². The maximum absolute atomic E-state index is 12.6. The number of nitrogens with one attached hydrogen (secondary N) is 2. The second-order valence-electron chi connectivity index (χ2n) is 7.06. The Hall–Kier alpha value is -1.23. The quantitative estimate of drug-likeness (QED) is 0.347. The summed E-state index contributed by atoms with van der Waals surface area (Å²) in [5.74, 6) is 0.562. The molecule has 1 saturated carbocycles. The number of guanidine groups is 1. The van der Waals surface area contributed by atoms with Gasteiger partial charge in [0, 0.05) is 31.6 Å². The fraction of sp³-hybridized carbons (Fsp3) is 0.632. The highest BCUT2D eigenvalue weighted by molar-refractivity contribution is 14.0. The van der Waals surface area contributed by atoms with Gasteiger partial charge in [-0.1, -0.05) is 25.1 Å². The van der Waals surface area contributed by atoms with Gasteiger partial charge in [-0.25, -0.2) is 0 Å². The van der Waals surface area contributed by atoms with E-state index in [0.29, 0.717) is 17.6 Å². The van der Waals surface area contributed by atoms with Crippen LogP contribution in [0.25, 0.3) is 0 Å². The van der Waals surface area contributed by atoms with Crippen molar-refractivity contribution in [1.29, 1.82) is 0 Å². The van der Waals surface area contributed by atoms with E-state index in [0.717, 1.165) is 26.1 Å². The summed E-state index contributed by atoms with van der Waals surface area (Å²) in [6, 6.07) is 6.91. The van der Waals surface area contributed by atoms with Gasteiger partial charge in [-0.2, -0.15) is 0 Å². The molecule has 3 unspecified atom stereocenters. The summed E-state index contributed by atoms with van der Waals surface area (Å²) in [6.07, 6.45) is -1.54. The fourth-order valence-electron chi connectivity index (χ4n) is 3.83. The summed E-state index contributed by atoms with van der Waals surface area (Å²) < 4.78 is 42.0. The topological polar surface area (TPSA) is 48.9 Å². The first kappa shape index (κ1) is 23.1. The van der Waals surface area contributed by atoms with Crippen molar-refractivity contribution in [2.45, 2.75) is 50.6 Å². The number of benzene rings is 1. The molecule has 1 aliphatic carbocycles. The van der Waals surface area contributed by atoms with Gasteiger partial charge in [0.05, 0.1) is 0 Å². The Labute approximate surface area is 181 Å². The van der Waals surface area contributed by atoms with Crippen LogP contribution >= 0.6 is 24.0 Å². The Morgan fingerprint density at radius 2 is 2.07 bits per heavy atom. The minimum atomic E-state index is -4.68. The number of aliphatic imine (C=N–C) groups is 1. The predicted molar refractivity (Wildman–Crippen MR) is 114 cm³/mol. The summed E-state index contributed by atoms with van der Waals surface area (Å²) in [6.45, 7) is 5.16. The normalized spacial score (nSPS) is 25.2. The van der Waals surface area contributed by atoms with Crippen LogP contribution in [0.5, 0.6) is 5.75 Å². The monoisotopic (exact) mass is 512 g/mol. The molecule has 2 fully saturated rings. The van der Waals surface area contributed by atoms with Crippen LogP contribution in [-0.4, -0.2) is 56.0 Å². The van der Waals surface area contributed by atoms with Gasteiger partial charge in [-0.3, -0.25) is 9.89 Å². The highest BCUT2D eigenvalue weighted by Gasteiger charge is 2.42. The molecule has 9 heteroatoms. The van der Waals surface area contributed by atoms with Crippen molar-refractivity contribution in [3.8, 4) is 5.75 Å². The average molecular weight is 512 g/mol. The van der Waals surface area contributed by atoms with Crippen LogP contribution in [0.3, 0.4) is 0 Å². The van der Waals surface area contributed by atoms with Gasteiger partial charge in [-0.05, 0) is 44.0 Å². The van der Waals surface area contributed by atoms with Crippen LogP contribution in [0.2, 0.25) is 0 Å². The van der Waals surface area contributed by atoms with E-state index in [4.69, 9.17) is 0 Å². The molecule has 0 radical (unpaired) electrons. The molecule has 0 amide bonds. The van der Waals surface area contributed by atoms with Crippen molar-refractivity contribution < 1.29 is 17.9 Å². The molecule has 5 nitrogen and oxygen atoms in total. The van der Waals surface area contributed by atoms with Crippen molar-refractivity contribution in [1.82, 2.24) is 15.5 Å². The van der Waals surface area contributed by atoms with Crippen molar-refractivity contribution >= 4 is 29.9 Å². The molecule has 0 aromatic heterocycles. The second-order valence-corrected chi connectivity index (χ2v) is 7.06. The van der Waals surface area contributed by atoms with Crippen molar-refractivity contribution in [3.63, 3.8) is 0 Å². The fourth-order valence-corrected chi connectivity index (χ4v) is 3.83. The summed E-state index contributed by atoms with van der Waals surface area (Å²) in [5, 5.41) is 6.68. The summed E-state index contributed by atoms with van der Waals surface area (Å²) in [7, 11) is 1.71. The number of likely N-dealkylation sites (N-methyl/N-ethyl adjacent to an activating group) is 1. The highest BCUT2D eigenvalue weighted by Crippen LogP contribution is 2.45. The van der Waals surface area contributed by atoms with Gasteiger partial charge in [-0.15, -0.1) is 37.1 Å². The molecule has 1 aromatic rings. The van der Waals surface area contributed by atoms with E-state index in [9.17, 15) is 13.2 Å². The first-order valence-corrected chi connectivity index (χ1v) is 9.47. The van der Waals surface area contributed by atoms with Gasteiger partial charge < -0.3 is 15.4 Å². The summed E-state index contributed by atoms with van der Waals surface area (Å²) in [4.78, 5) is 6.70. The van der Waals surface area contributed by atoms with Gasteiger partial charge in [0.2, 0.25) is 0 Å². The van der Waals surface area contributed by atoms with Crippen LogP contribution in [0.15, 0.2) is 29.3 Å². The molecule has 0 bridgehead atoms. The molecule has 3 rings (SSSR count).